The summed E-state index contributed by atoms with van der Waals surface area (Å²) in [5, 5.41) is 0. The summed E-state index contributed by atoms with van der Waals surface area (Å²) in [6.07, 6.45) is 10.1. The third-order valence-corrected chi connectivity index (χ3v) is 2.17. The van der Waals surface area contributed by atoms with Crippen LogP contribution in [0.4, 0.5) is 0 Å². The van der Waals surface area contributed by atoms with Crippen molar-refractivity contribution in [2.45, 2.75) is 13.3 Å². The molecule has 0 atom stereocenters. The van der Waals surface area contributed by atoms with Gasteiger partial charge in [0.25, 0.3) is 0 Å². The highest BCUT2D eigenvalue weighted by atomic mass is 16.5. The van der Waals surface area contributed by atoms with Gasteiger partial charge in [0.2, 0.25) is 0 Å². The van der Waals surface area contributed by atoms with Crippen LogP contribution >= 0.6 is 0 Å². The van der Waals surface area contributed by atoms with Gasteiger partial charge in [-0.25, -0.2) is 0 Å². The standard InChI is InChI=1S/C14H16O/c1-3-11-15-12-7-6-10-14-9-5-4-8-13(14)2/h1,4-9H,10-12H2,2H3/b7-6+. The lowest BCUT2D eigenvalue weighted by Crippen LogP contribution is -1.91. The second kappa shape index (κ2) is 6.86. The Hall–Kier alpha value is -1.52. The van der Waals surface area contributed by atoms with Gasteiger partial charge in [-0.1, -0.05) is 42.3 Å². The molecule has 0 saturated heterocycles. The summed E-state index contributed by atoms with van der Waals surface area (Å²) in [7, 11) is 0. The second-order valence-corrected chi connectivity index (χ2v) is 3.32. The summed E-state index contributed by atoms with van der Waals surface area (Å²) < 4.78 is 5.13. The van der Waals surface area contributed by atoms with Crippen LogP contribution in [-0.4, -0.2) is 13.2 Å². The summed E-state index contributed by atoms with van der Waals surface area (Å²) in [5.74, 6) is 2.43. The zero-order valence-corrected chi connectivity index (χ0v) is 9.07. The number of ether oxygens (including phenoxy) is 1. The largest absolute Gasteiger partial charge is 0.365 e. The molecule has 1 heteroatoms. The van der Waals surface area contributed by atoms with Crippen LogP contribution in [-0.2, 0) is 11.2 Å². The monoisotopic (exact) mass is 200 g/mol. The van der Waals surface area contributed by atoms with Crippen molar-refractivity contribution in [2.75, 3.05) is 13.2 Å². The van der Waals surface area contributed by atoms with Gasteiger partial charge in [0, 0.05) is 0 Å². The molecule has 78 valence electrons. The Morgan fingerprint density at radius 1 is 1.33 bits per heavy atom. The van der Waals surface area contributed by atoms with Crippen LogP contribution in [0.2, 0.25) is 0 Å². The van der Waals surface area contributed by atoms with Gasteiger partial charge in [0.1, 0.15) is 6.61 Å². The van der Waals surface area contributed by atoms with E-state index in [4.69, 9.17) is 11.2 Å². The molecule has 0 fully saturated rings. The van der Waals surface area contributed by atoms with E-state index in [-0.39, 0.29) is 0 Å². The smallest absolute Gasteiger partial charge is 0.107 e. The Morgan fingerprint density at radius 3 is 2.87 bits per heavy atom. The van der Waals surface area contributed by atoms with Crippen LogP contribution in [0.15, 0.2) is 36.4 Å². The molecular weight excluding hydrogens is 184 g/mol. The number of aryl methyl sites for hydroxylation is 1. The molecule has 0 aliphatic carbocycles. The summed E-state index contributed by atoms with van der Waals surface area (Å²) in [6, 6.07) is 8.38. The summed E-state index contributed by atoms with van der Waals surface area (Å²) >= 11 is 0. The van der Waals surface area contributed by atoms with Gasteiger partial charge in [-0.3, -0.25) is 0 Å². The number of hydrogen-bond acceptors (Lipinski definition) is 1. The molecule has 0 unspecified atom stereocenters. The quantitative estimate of drug-likeness (QED) is 0.403. The van der Waals surface area contributed by atoms with Gasteiger partial charge >= 0.3 is 0 Å². The average molecular weight is 200 g/mol. The second-order valence-electron chi connectivity index (χ2n) is 3.32. The van der Waals surface area contributed by atoms with Gasteiger partial charge < -0.3 is 4.74 Å². The molecule has 0 aliphatic heterocycles. The van der Waals surface area contributed by atoms with Gasteiger partial charge in [-0.2, -0.15) is 0 Å². The number of hydrogen-bond donors (Lipinski definition) is 0. The lowest BCUT2D eigenvalue weighted by atomic mass is 10.1. The van der Waals surface area contributed by atoms with Crippen LogP contribution < -0.4 is 0 Å². The van der Waals surface area contributed by atoms with E-state index in [1.165, 1.54) is 11.1 Å². The summed E-state index contributed by atoms with van der Waals surface area (Å²) in [4.78, 5) is 0. The molecule has 0 heterocycles. The maximum Gasteiger partial charge on any atom is 0.107 e. The fourth-order valence-corrected chi connectivity index (χ4v) is 1.30. The van der Waals surface area contributed by atoms with E-state index >= 15 is 0 Å². The molecule has 0 radical (unpaired) electrons. The first kappa shape index (κ1) is 11.6. The van der Waals surface area contributed by atoms with Crippen LogP contribution in [0.1, 0.15) is 11.1 Å². The van der Waals surface area contributed by atoms with E-state index in [0.29, 0.717) is 13.2 Å². The highest BCUT2D eigenvalue weighted by molar-refractivity contribution is 5.27. The molecule has 0 spiro atoms. The van der Waals surface area contributed by atoms with Crippen molar-refractivity contribution in [1.82, 2.24) is 0 Å². The Kier molecular flexibility index (Phi) is 5.29. The van der Waals surface area contributed by atoms with E-state index < -0.39 is 0 Å². The van der Waals surface area contributed by atoms with E-state index in [1.54, 1.807) is 0 Å². The lowest BCUT2D eigenvalue weighted by molar-refractivity contribution is 0.199. The number of benzene rings is 1. The van der Waals surface area contributed by atoms with E-state index in [1.807, 2.05) is 6.08 Å². The third kappa shape index (κ3) is 4.49. The zero-order valence-electron chi connectivity index (χ0n) is 9.07. The third-order valence-electron chi connectivity index (χ3n) is 2.17. The highest BCUT2D eigenvalue weighted by Gasteiger charge is 1.92. The van der Waals surface area contributed by atoms with Crippen LogP contribution in [0.5, 0.6) is 0 Å². The van der Waals surface area contributed by atoms with E-state index in [2.05, 4.69) is 43.2 Å². The normalized spacial score (nSPS) is 10.4. The molecule has 0 bridgehead atoms. The molecule has 1 nitrogen and oxygen atoms in total. The zero-order chi connectivity index (χ0) is 10.9. The highest BCUT2D eigenvalue weighted by Crippen LogP contribution is 2.07. The number of rotatable bonds is 5. The van der Waals surface area contributed by atoms with Crippen LogP contribution in [0, 0.1) is 19.3 Å². The average Bonchev–Trinajstić information content (AvgIpc) is 2.25. The fourth-order valence-electron chi connectivity index (χ4n) is 1.30. The predicted octanol–water partition coefficient (Wildman–Crippen LogP) is 2.74. The fraction of sp³-hybridized carbons (Fsp3) is 0.286. The predicted molar refractivity (Wildman–Crippen MR) is 63.7 cm³/mol. The van der Waals surface area contributed by atoms with Crippen LogP contribution in [0.3, 0.4) is 0 Å². The van der Waals surface area contributed by atoms with E-state index in [9.17, 15) is 0 Å². The first-order chi connectivity index (χ1) is 7.34. The lowest BCUT2D eigenvalue weighted by Gasteiger charge is -2.00. The first-order valence-electron chi connectivity index (χ1n) is 5.05. The molecule has 0 aromatic heterocycles. The van der Waals surface area contributed by atoms with Crippen molar-refractivity contribution >= 4 is 0 Å². The molecule has 15 heavy (non-hydrogen) atoms. The molecular formula is C14H16O. The van der Waals surface area contributed by atoms with Crippen molar-refractivity contribution in [3.63, 3.8) is 0 Å². The molecule has 0 amide bonds. The van der Waals surface area contributed by atoms with Gasteiger partial charge in [-0.05, 0) is 24.5 Å². The van der Waals surface area contributed by atoms with E-state index in [0.717, 1.165) is 6.42 Å². The molecule has 1 aromatic rings. The van der Waals surface area contributed by atoms with Crippen molar-refractivity contribution in [2.24, 2.45) is 0 Å². The van der Waals surface area contributed by atoms with Crippen LogP contribution in [0.25, 0.3) is 0 Å². The summed E-state index contributed by atoms with van der Waals surface area (Å²) in [6.45, 7) is 3.10. The summed E-state index contributed by atoms with van der Waals surface area (Å²) in [5.41, 5.74) is 2.68. The maximum absolute atomic E-state index is 5.13. The number of terminal acetylenes is 1. The molecule has 0 aliphatic rings. The maximum atomic E-state index is 5.13. The number of allylic oxidation sites excluding steroid dienone is 1. The van der Waals surface area contributed by atoms with Crippen molar-refractivity contribution in [3.05, 3.63) is 47.5 Å². The van der Waals surface area contributed by atoms with Gasteiger partial charge in [0.05, 0.1) is 6.61 Å². The Bertz CT molecular complexity index is 358. The Labute approximate surface area is 91.8 Å². The minimum absolute atomic E-state index is 0.384. The minimum Gasteiger partial charge on any atom is -0.365 e. The Morgan fingerprint density at radius 2 is 2.13 bits per heavy atom. The van der Waals surface area contributed by atoms with Gasteiger partial charge in [0.15, 0.2) is 0 Å². The molecule has 0 saturated carbocycles. The SMILES string of the molecule is C#CCOC/C=C/Cc1ccccc1C. The van der Waals surface area contributed by atoms with Gasteiger partial charge in [-0.15, -0.1) is 6.42 Å². The molecule has 0 N–H and O–H groups in total. The van der Waals surface area contributed by atoms with Crippen molar-refractivity contribution in [3.8, 4) is 12.3 Å². The van der Waals surface area contributed by atoms with Crippen molar-refractivity contribution in [1.29, 1.82) is 0 Å². The topological polar surface area (TPSA) is 9.23 Å². The molecule has 1 aromatic carbocycles. The Balaban J connectivity index is 2.31. The molecule has 1 rings (SSSR count). The minimum atomic E-state index is 0.384. The van der Waals surface area contributed by atoms with Crippen molar-refractivity contribution < 1.29 is 4.74 Å². The first-order valence-corrected chi connectivity index (χ1v) is 5.05.